The zero-order valence-electron chi connectivity index (χ0n) is 19.5. The highest BCUT2D eigenvalue weighted by Crippen LogP contribution is 2.50. The third kappa shape index (κ3) is 5.18. The fraction of sp³-hybridized carbons (Fsp3) is 0.385. The second-order valence-electron chi connectivity index (χ2n) is 8.79. The molecule has 0 bridgehead atoms. The molecule has 2 amide bonds. The minimum Gasteiger partial charge on any atom is -0.329 e. The van der Waals surface area contributed by atoms with Gasteiger partial charge in [-0.25, -0.2) is 13.6 Å². The minimum absolute atomic E-state index is 0.0600. The number of thioether (sulfide) groups is 1. The summed E-state index contributed by atoms with van der Waals surface area (Å²) >= 11 is 1.31. The molecular weight excluding hydrogens is 454 g/mol. The summed E-state index contributed by atoms with van der Waals surface area (Å²) in [6.07, 6.45) is 9.23. The topological polar surface area (TPSA) is 47.9 Å². The standard InChI is InChI=1S/C26H30F2N4OS/c1-31(2)25(33)32-26(19-10-5-3-6-11-19,16-9-17-29-21-12-7-4-8-13-21)34-24(30-32)22-18-20(27)14-15-23(22)28/h3,5-7,10-12,14-15,18,21,29H,4,8-9,13,16-17H2,1-2H3. The van der Waals surface area contributed by atoms with Crippen molar-refractivity contribution < 1.29 is 13.6 Å². The van der Waals surface area contributed by atoms with E-state index < -0.39 is 16.5 Å². The molecule has 0 saturated heterocycles. The summed E-state index contributed by atoms with van der Waals surface area (Å²) in [6.45, 7) is 0.776. The van der Waals surface area contributed by atoms with Gasteiger partial charge in [0.1, 0.15) is 21.5 Å². The van der Waals surface area contributed by atoms with Gasteiger partial charge in [0, 0.05) is 25.7 Å². The first-order chi connectivity index (χ1) is 16.4. The van der Waals surface area contributed by atoms with Crippen molar-refractivity contribution in [2.75, 3.05) is 20.6 Å². The summed E-state index contributed by atoms with van der Waals surface area (Å²) in [5.41, 5.74) is 0.952. The van der Waals surface area contributed by atoms with Crippen LogP contribution < -0.4 is 5.32 Å². The Bertz CT molecular complexity index is 1080. The lowest BCUT2D eigenvalue weighted by molar-refractivity contribution is 0.138. The highest BCUT2D eigenvalue weighted by Gasteiger charge is 2.49. The van der Waals surface area contributed by atoms with Gasteiger partial charge in [0.2, 0.25) is 0 Å². The van der Waals surface area contributed by atoms with Crippen LogP contribution in [0.25, 0.3) is 0 Å². The molecule has 0 radical (unpaired) electrons. The van der Waals surface area contributed by atoms with Crippen LogP contribution in [-0.4, -0.2) is 47.7 Å². The normalized spacial score (nSPS) is 22.1. The molecule has 8 heteroatoms. The number of nitrogens with one attached hydrogen (secondary N) is 1. The summed E-state index contributed by atoms with van der Waals surface area (Å²) in [4.78, 5) is 13.9. The quantitative estimate of drug-likeness (QED) is 0.406. The van der Waals surface area contributed by atoms with E-state index >= 15 is 0 Å². The van der Waals surface area contributed by atoms with Gasteiger partial charge in [-0.1, -0.05) is 54.2 Å². The summed E-state index contributed by atoms with van der Waals surface area (Å²) in [7, 11) is 3.33. The molecule has 1 aliphatic carbocycles. The van der Waals surface area contributed by atoms with Crippen molar-refractivity contribution in [1.82, 2.24) is 15.2 Å². The van der Waals surface area contributed by atoms with E-state index in [4.69, 9.17) is 0 Å². The number of nitrogens with zero attached hydrogens (tertiary/aromatic N) is 3. The largest absolute Gasteiger partial charge is 0.341 e. The Kier molecular flexibility index (Phi) is 7.68. The maximum Gasteiger partial charge on any atom is 0.341 e. The van der Waals surface area contributed by atoms with Gasteiger partial charge in [-0.05, 0) is 62.4 Å². The van der Waals surface area contributed by atoms with Gasteiger partial charge in [0.05, 0.1) is 0 Å². The van der Waals surface area contributed by atoms with E-state index in [2.05, 4.69) is 22.6 Å². The second-order valence-corrected chi connectivity index (χ2v) is 10.1. The molecule has 2 aliphatic rings. The Morgan fingerprint density at radius 3 is 2.74 bits per heavy atom. The minimum atomic E-state index is -0.874. The Hall–Kier alpha value is -2.71. The fourth-order valence-electron chi connectivity index (χ4n) is 4.33. The van der Waals surface area contributed by atoms with Gasteiger partial charge >= 0.3 is 6.03 Å². The third-order valence-electron chi connectivity index (χ3n) is 6.10. The average Bonchev–Trinajstić information content (AvgIpc) is 3.24. The molecule has 2 unspecified atom stereocenters. The molecule has 1 heterocycles. The number of carbonyl (C=O) groups excluding carboxylic acids is 1. The van der Waals surface area contributed by atoms with Gasteiger partial charge < -0.3 is 10.2 Å². The van der Waals surface area contributed by atoms with Gasteiger partial charge in [-0.2, -0.15) is 10.1 Å². The molecular formula is C26H30F2N4OS. The highest BCUT2D eigenvalue weighted by atomic mass is 32.2. The predicted molar refractivity (Wildman–Crippen MR) is 134 cm³/mol. The van der Waals surface area contributed by atoms with Crippen LogP contribution in [0, 0.1) is 11.6 Å². The zero-order chi connectivity index (χ0) is 24.1. The van der Waals surface area contributed by atoms with Crippen molar-refractivity contribution in [2.45, 2.75) is 43.0 Å². The van der Waals surface area contributed by atoms with Crippen LogP contribution in [-0.2, 0) is 4.87 Å². The number of hydrazone groups is 1. The number of amides is 2. The van der Waals surface area contributed by atoms with Gasteiger partial charge in [0.25, 0.3) is 0 Å². The maximum atomic E-state index is 14.7. The highest BCUT2D eigenvalue weighted by molar-refractivity contribution is 8.15. The van der Waals surface area contributed by atoms with Crippen LogP contribution in [0.15, 0.2) is 65.8 Å². The third-order valence-corrected chi connectivity index (χ3v) is 7.54. The first-order valence-electron chi connectivity index (χ1n) is 11.6. The van der Waals surface area contributed by atoms with E-state index in [1.807, 2.05) is 30.3 Å². The second kappa shape index (κ2) is 10.7. The predicted octanol–water partition coefficient (Wildman–Crippen LogP) is 5.69. The lowest BCUT2D eigenvalue weighted by Crippen LogP contribution is -2.46. The number of hydrogen-bond donors (Lipinski definition) is 1. The van der Waals surface area contributed by atoms with Crippen LogP contribution in [0.5, 0.6) is 0 Å². The van der Waals surface area contributed by atoms with Crippen LogP contribution in [0.3, 0.4) is 0 Å². The monoisotopic (exact) mass is 484 g/mol. The number of urea groups is 1. The zero-order valence-corrected chi connectivity index (χ0v) is 20.3. The van der Waals surface area contributed by atoms with Crippen LogP contribution in [0.1, 0.15) is 43.2 Å². The van der Waals surface area contributed by atoms with Crippen molar-refractivity contribution in [2.24, 2.45) is 5.10 Å². The van der Waals surface area contributed by atoms with Crippen molar-refractivity contribution in [3.05, 3.63) is 83.4 Å². The molecule has 0 aromatic heterocycles. The number of benzene rings is 2. The number of carbonyl (C=O) groups is 1. The Morgan fingerprint density at radius 1 is 1.24 bits per heavy atom. The van der Waals surface area contributed by atoms with Crippen LogP contribution in [0.2, 0.25) is 0 Å². The lowest BCUT2D eigenvalue weighted by Gasteiger charge is -2.37. The maximum absolute atomic E-state index is 14.7. The Labute approximate surface area is 203 Å². The van der Waals surface area contributed by atoms with Crippen molar-refractivity contribution in [1.29, 1.82) is 0 Å². The Balaban J connectivity index is 1.66. The van der Waals surface area contributed by atoms with Crippen molar-refractivity contribution in [3.8, 4) is 0 Å². The molecule has 4 rings (SSSR count). The average molecular weight is 485 g/mol. The molecule has 5 nitrogen and oxygen atoms in total. The van der Waals surface area contributed by atoms with Crippen molar-refractivity contribution >= 4 is 22.8 Å². The number of allylic oxidation sites excluding steroid dienone is 1. The summed E-state index contributed by atoms with van der Waals surface area (Å²) in [5.74, 6) is -1.12. The molecule has 34 heavy (non-hydrogen) atoms. The molecule has 2 aromatic carbocycles. The van der Waals surface area contributed by atoms with E-state index in [0.717, 1.165) is 49.6 Å². The smallest absolute Gasteiger partial charge is 0.329 e. The van der Waals surface area contributed by atoms with Gasteiger partial charge in [-0.15, -0.1) is 0 Å². The van der Waals surface area contributed by atoms with E-state index in [-0.39, 0.29) is 11.6 Å². The molecule has 1 N–H and O–H groups in total. The molecule has 2 aromatic rings. The molecule has 180 valence electrons. The summed E-state index contributed by atoms with van der Waals surface area (Å²) < 4.78 is 28.7. The Morgan fingerprint density at radius 2 is 2.03 bits per heavy atom. The van der Waals surface area contributed by atoms with Crippen LogP contribution >= 0.6 is 11.8 Å². The van der Waals surface area contributed by atoms with E-state index in [0.29, 0.717) is 17.5 Å². The number of rotatable bonds is 7. The van der Waals surface area contributed by atoms with E-state index in [1.165, 1.54) is 28.1 Å². The fourth-order valence-corrected chi connectivity index (χ4v) is 5.75. The van der Waals surface area contributed by atoms with Crippen molar-refractivity contribution in [3.63, 3.8) is 0 Å². The van der Waals surface area contributed by atoms with Gasteiger partial charge in [-0.3, -0.25) is 0 Å². The van der Waals surface area contributed by atoms with Crippen LogP contribution in [0.4, 0.5) is 13.6 Å². The molecule has 0 saturated carbocycles. The SMILES string of the molecule is CN(C)C(=O)N1N=C(c2cc(F)ccc2F)SC1(CCCNC1C=CCCC1)c1ccccc1. The molecule has 0 spiro atoms. The van der Waals surface area contributed by atoms with E-state index in [9.17, 15) is 13.6 Å². The molecule has 1 aliphatic heterocycles. The van der Waals surface area contributed by atoms with E-state index in [1.54, 1.807) is 14.1 Å². The molecule has 2 atom stereocenters. The number of hydrogen-bond acceptors (Lipinski definition) is 4. The summed E-state index contributed by atoms with van der Waals surface area (Å²) in [6, 6.07) is 13.0. The first kappa shape index (κ1) is 24.4. The molecule has 0 fully saturated rings. The lowest BCUT2D eigenvalue weighted by atomic mass is 9.99. The van der Waals surface area contributed by atoms with Gasteiger partial charge in [0.15, 0.2) is 0 Å². The first-order valence-corrected chi connectivity index (χ1v) is 12.4. The number of halogens is 2. The summed E-state index contributed by atoms with van der Waals surface area (Å²) in [5, 5.41) is 9.88.